The first kappa shape index (κ1) is 17.0. The van der Waals surface area contributed by atoms with Crippen LogP contribution in [-0.4, -0.2) is 29.6 Å². The second-order valence-corrected chi connectivity index (χ2v) is 5.92. The predicted octanol–water partition coefficient (Wildman–Crippen LogP) is 2.30. The van der Waals surface area contributed by atoms with Crippen LogP contribution in [0.15, 0.2) is 42.5 Å². The number of aliphatic hydroxyl groups is 1. The molecule has 23 heavy (non-hydrogen) atoms. The smallest absolute Gasteiger partial charge is 0.313 e. The van der Waals surface area contributed by atoms with E-state index in [0.717, 1.165) is 10.8 Å². The zero-order valence-corrected chi connectivity index (χ0v) is 13.4. The van der Waals surface area contributed by atoms with Crippen LogP contribution in [-0.2, 0) is 9.59 Å². The molecule has 0 radical (unpaired) electrons. The highest BCUT2D eigenvalue weighted by atomic mass is 16.3. The molecule has 0 aliphatic heterocycles. The lowest BCUT2D eigenvalue weighted by Crippen LogP contribution is -2.38. The number of carbonyl (C=O) groups is 2. The molecule has 2 amide bonds. The molecule has 3 N–H and O–H groups in total. The van der Waals surface area contributed by atoms with Gasteiger partial charge < -0.3 is 15.7 Å². The average molecular weight is 314 g/mol. The summed E-state index contributed by atoms with van der Waals surface area (Å²) in [5, 5.41) is 16.5. The van der Waals surface area contributed by atoms with Crippen LogP contribution in [0, 0.1) is 5.92 Å². The first-order chi connectivity index (χ1) is 11.0. The topological polar surface area (TPSA) is 78.4 Å². The number of aliphatic hydroxyl groups excluding tert-OH is 1. The highest BCUT2D eigenvalue weighted by Gasteiger charge is 2.15. The first-order valence-corrected chi connectivity index (χ1v) is 7.71. The molecule has 0 aliphatic rings. The van der Waals surface area contributed by atoms with Crippen LogP contribution in [0.4, 0.5) is 5.69 Å². The molecule has 122 valence electrons. The minimum absolute atomic E-state index is 0.104. The minimum atomic E-state index is -0.690. The number of rotatable bonds is 5. The summed E-state index contributed by atoms with van der Waals surface area (Å²) in [7, 11) is 0. The first-order valence-electron chi connectivity index (χ1n) is 7.71. The molecule has 0 fully saturated rings. The third-order valence-corrected chi connectivity index (χ3v) is 3.57. The zero-order valence-electron chi connectivity index (χ0n) is 13.4. The van der Waals surface area contributed by atoms with Crippen molar-refractivity contribution in [3.63, 3.8) is 0 Å². The van der Waals surface area contributed by atoms with Crippen LogP contribution >= 0.6 is 0 Å². The fraction of sp³-hybridized carbons (Fsp3) is 0.333. The molecule has 2 unspecified atom stereocenters. The Morgan fingerprint density at radius 3 is 2.43 bits per heavy atom. The van der Waals surface area contributed by atoms with Crippen molar-refractivity contribution in [2.75, 3.05) is 11.9 Å². The van der Waals surface area contributed by atoms with Crippen LogP contribution in [0.1, 0.15) is 20.3 Å². The van der Waals surface area contributed by atoms with E-state index < -0.39 is 17.9 Å². The molecule has 0 heterocycles. The Hall–Kier alpha value is -2.40. The lowest BCUT2D eigenvalue weighted by molar-refractivity contribution is -0.136. The maximum Gasteiger partial charge on any atom is 0.313 e. The third-order valence-electron chi connectivity index (χ3n) is 3.57. The Morgan fingerprint density at radius 2 is 1.74 bits per heavy atom. The molecule has 2 aromatic rings. The Bertz CT molecular complexity index is 697. The van der Waals surface area contributed by atoms with Crippen molar-refractivity contribution in [1.82, 2.24) is 5.32 Å². The maximum absolute atomic E-state index is 11.9. The van der Waals surface area contributed by atoms with E-state index in [0.29, 0.717) is 18.7 Å². The van der Waals surface area contributed by atoms with Gasteiger partial charge in [-0.3, -0.25) is 9.59 Å². The van der Waals surface area contributed by atoms with Crippen molar-refractivity contribution in [3.05, 3.63) is 42.5 Å². The van der Waals surface area contributed by atoms with E-state index in [2.05, 4.69) is 10.6 Å². The number of hydrogen-bond donors (Lipinski definition) is 3. The van der Waals surface area contributed by atoms with Gasteiger partial charge in [0.15, 0.2) is 0 Å². The van der Waals surface area contributed by atoms with Crippen molar-refractivity contribution in [1.29, 1.82) is 0 Å². The van der Waals surface area contributed by atoms with E-state index in [9.17, 15) is 14.7 Å². The molecule has 2 atom stereocenters. The molecule has 0 saturated carbocycles. The summed E-state index contributed by atoms with van der Waals surface area (Å²) in [6, 6.07) is 13.3. The summed E-state index contributed by atoms with van der Waals surface area (Å²) in [6.45, 7) is 3.97. The summed E-state index contributed by atoms with van der Waals surface area (Å²) < 4.78 is 0. The zero-order chi connectivity index (χ0) is 16.8. The SMILES string of the molecule is CC(O)CC(C)CNC(=O)C(=O)Nc1ccc2ccccc2c1. The van der Waals surface area contributed by atoms with Crippen molar-refractivity contribution >= 4 is 28.3 Å². The standard InChI is InChI=1S/C18H22N2O3/c1-12(9-13(2)21)11-19-17(22)18(23)20-16-8-7-14-5-3-4-6-15(14)10-16/h3-8,10,12-13,21H,9,11H2,1-2H3,(H,19,22)(H,20,23). The Kier molecular flexibility index (Phi) is 5.71. The summed E-state index contributed by atoms with van der Waals surface area (Å²) in [5.41, 5.74) is 0.584. The number of benzene rings is 2. The molecular weight excluding hydrogens is 292 g/mol. The van der Waals surface area contributed by atoms with Gasteiger partial charge in [0.25, 0.3) is 0 Å². The van der Waals surface area contributed by atoms with Gasteiger partial charge in [-0.25, -0.2) is 0 Å². The maximum atomic E-state index is 11.9. The number of nitrogens with one attached hydrogen (secondary N) is 2. The van der Waals surface area contributed by atoms with Crippen LogP contribution in [0.5, 0.6) is 0 Å². The highest BCUT2D eigenvalue weighted by Crippen LogP contribution is 2.18. The molecular formula is C18H22N2O3. The van der Waals surface area contributed by atoms with E-state index >= 15 is 0 Å². The number of anilines is 1. The van der Waals surface area contributed by atoms with Crippen LogP contribution in [0.25, 0.3) is 10.8 Å². The van der Waals surface area contributed by atoms with Gasteiger partial charge in [0.1, 0.15) is 0 Å². The number of carbonyl (C=O) groups excluding carboxylic acids is 2. The van der Waals surface area contributed by atoms with Gasteiger partial charge in [0, 0.05) is 12.2 Å². The average Bonchev–Trinajstić information content (AvgIpc) is 2.51. The molecule has 2 aromatic carbocycles. The van der Waals surface area contributed by atoms with Crippen molar-refractivity contribution in [2.45, 2.75) is 26.4 Å². The number of hydrogen-bond acceptors (Lipinski definition) is 3. The third kappa shape index (κ3) is 5.07. The molecule has 0 spiro atoms. The minimum Gasteiger partial charge on any atom is -0.393 e. The number of amides is 2. The van der Waals surface area contributed by atoms with E-state index in [-0.39, 0.29) is 5.92 Å². The Morgan fingerprint density at radius 1 is 1.04 bits per heavy atom. The van der Waals surface area contributed by atoms with E-state index in [1.54, 1.807) is 13.0 Å². The van der Waals surface area contributed by atoms with Crippen molar-refractivity contribution in [3.8, 4) is 0 Å². The largest absolute Gasteiger partial charge is 0.393 e. The second-order valence-electron chi connectivity index (χ2n) is 5.92. The molecule has 5 heteroatoms. The molecule has 2 rings (SSSR count). The van der Waals surface area contributed by atoms with Crippen LogP contribution in [0.2, 0.25) is 0 Å². The van der Waals surface area contributed by atoms with E-state index in [4.69, 9.17) is 0 Å². The summed E-state index contributed by atoms with van der Waals surface area (Å²) in [4.78, 5) is 23.7. The summed E-state index contributed by atoms with van der Waals surface area (Å²) in [5.74, 6) is -1.26. The molecule has 0 aliphatic carbocycles. The lowest BCUT2D eigenvalue weighted by Gasteiger charge is -2.14. The normalized spacial score (nSPS) is 13.3. The van der Waals surface area contributed by atoms with Gasteiger partial charge in [-0.1, -0.05) is 37.3 Å². The number of fused-ring (bicyclic) bond motifs is 1. The molecule has 0 saturated heterocycles. The Labute approximate surface area is 135 Å². The van der Waals surface area contributed by atoms with Crippen molar-refractivity contribution < 1.29 is 14.7 Å². The highest BCUT2D eigenvalue weighted by molar-refractivity contribution is 6.39. The monoisotopic (exact) mass is 314 g/mol. The summed E-state index contributed by atoms with van der Waals surface area (Å²) in [6.07, 6.45) is 0.153. The molecule has 0 bridgehead atoms. The van der Waals surface area contributed by atoms with Crippen LogP contribution < -0.4 is 10.6 Å². The van der Waals surface area contributed by atoms with Crippen molar-refractivity contribution in [2.24, 2.45) is 5.92 Å². The van der Waals surface area contributed by atoms with Gasteiger partial charge in [-0.05, 0) is 42.2 Å². The van der Waals surface area contributed by atoms with E-state index in [1.807, 2.05) is 43.3 Å². The van der Waals surface area contributed by atoms with Gasteiger partial charge >= 0.3 is 11.8 Å². The fourth-order valence-corrected chi connectivity index (χ4v) is 2.47. The van der Waals surface area contributed by atoms with Gasteiger partial charge in [-0.15, -0.1) is 0 Å². The summed E-state index contributed by atoms with van der Waals surface area (Å²) >= 11 is 0. The lowest BCUT2D eigenvalue weighted by atomic mass is 10.0. The van der Waals surface area contributed by atoms with Gasteiger partial charge in [0.05, 0.1) is 6.10 Å². The predicted molar refractivity (Wildman–Crippen MR) is 91.0 cm³/mol. The van der Waals surface area contributed by atoms with E-state index in [1.165, 1.54) is 0 Å². The molecule has 5 nitrogen and oxygen atoms in total. The fourth-order valence-electron chi connectivity index (χ4n) is 2.47. The van der Waals surface area contributed by atoms with Crippen LogP contribution in [0.3, 0.4) is 0 Å². The van der Waals surface area contributed by atoms with Gasteiger partial charge in [0.2, 0.25) is 0 Å². The Balaban J connectivity index is 1.90. The second kappa shape index (κ2) is 7.74. The molecule has 0 aromatic heterocycles. The van der Waals surface area contributed by atoms with Gasteiger partial charge in [-0.2, -0.15) is 0 Å². The quantitative estimate of drug-likeness (QED) is 0.741.